The number of nitrogens with one attached hydrogen (secondary N) is 1. The molecule has 1 unspecified atom stereocenters. The molecule has 0 spiro atoms. The van der Waals surface area contributed by atoms with Gasteiger partial charge in [0.15, 0.2) is 11.5 Å². The van der Waals surface area contributed by atoms with Crippen LogP contribution in [-0.4, -0.2) is 26.4 Å². The van der Waals surface area contributed by atoms with Gasteiger partial charge in [0.1, 0.15) is 0 Å². The van der Waals surface area contributed by atoms with Crippen molar-refractivity contribution in [2.24, 2.45) is 0 Å². The van der Waals surface area contributed by atoms with Crippen LogP contribution in [0.4, 0.5) is 0 Å². The summed E-state index contributed by atoms with van der Waals surface area (Å²) in [5, 5.41) is 0. The average Bonchev–Trinajstić information content (AvgIpc) is 2.98. The number of hydrogen-bond acceptors (Lipinski definition) is 4. The molecule has 20 heavy (non-hydrogen) atoms. The third-order valence-electron chi connectivity index (χ3n) is 3.73. The molecule has 1 aromatic carbocycles. The molecule has 1 fully saturated rings. The Morgan fingerprint density at radius 2 is 1.85 bits per heavy atom. The molecule has 1 atom stereocenters. The third kappa shape index (κ3) is 4.12. The number of rotatable bonds is 7. The van der Waals surface area contributed by atoms with Gasteiger partial charge < -0.3 is 9.47 Å². The van der Waals surface area contributed by atoms with E-state index in [2.05, 4.69) is 18.5 Å². The molecule has 1 aliphatic carbocycles. The highest BCUT2D eigenvalue weighted by molar-refractivity contribution is 5.43. The number of methoxy groups -OCH3 is 2. The summed E-state index contributed by atoms with van der Waals surface area (Å²) in [5.41, 5.74) is 4.37. The summed E-state index contributed by atoms with van der Waals surface area (Å²) in [6, 6.07) is 6.30. The van der Waals surface area contributed by atoms with Gasteiger partial charge in [-0.1, -0.05) is 18.9 Å². The van der Waals surface area contributed by atoms with Crippen molar-refractivity contribution in [3.8, 4) is 11.5 Å². The van der Waals surface area contributed by atoms with Gasteiger partial charge in [-0.25, -0.2) is 0 Å². The topological polar surface area (TPSA) is 39.7 Å². The van der Waals surface area contributed by atoms with Crippen molar-refractivity contribution < 1.29 is 14.3 Å². The predicted octanol–water partition coefficient (Wildman–Crippen LogP) is 3.10. The largest absolute Gasteiger partial charge is 0.493 e. The molecule has 0 heterocycles. The van der Waals surface area contributed by atoms with Gasteiger partial charge in [0.25, 0.3) is 0 Å². The van der Waals surface area contributed by atoms with E-state index in [-0.39, 0.29) is 6.04 Å². The minimum absolute atomic E-state index is 0.272. The highest BCUT2D eigenvalue weighted by atomic mass is 16.7. The Kier molecular flexibility index (Phi) is 5.68. The fourth-order valence-corrected chi connectivity index (χ4v) is 2.62. The van der Waals surface area contributed by atoms with Crippen LogP contribution in [0.1, 0.15) is 38.2 Å². The molecule has 2 rings (SSSR count). The molecule has 0 aliphatic heterocycles. The zero-order valence-electron chi connectivity index (χ0n) is 12.6. The second kappa shape index (κ2) is 7.50. The van der Waals surface area contributed by atoms with Crippen LogP contribution in [-0.2, 0) is 11.3 Å². The lowest BCUT2D eigenvalue weighted by Gasteiger charge is -2.18. The van der Waals surface area contributed by atoms with Crippen LogP contribution in [0.5, 0.6) is 11.5 Å². The van der Waals surface area contributed by atoms with E-state index in [1.54, 1.807) is 14.2 Å². The second-order valence-electron chi connectivity index (χ2n) is 5.44. The number of hydrogen-bond donors (Lipinski definition) is 1. The highest BCUT2D eigenvalue weighted by Gasteiger charge is 2.16. The predicted molar refractivity (Wildman–Crippen MR) is 79.2 cm³/mol. The lowest BCUT2D eigenvalue weighted by molar-refractivity contribution is -0.0369. The molecule has 1 aliphatic rings. The summed E-state index contributed by atoms with van der Waals surface area (Å²) < 4.78 is 10.6. The van der Waals surface area contributed by atoms with E-state index in [0.29, 0.717) is 6.10 Å². The monoisotopic (exact) mass is 279 g/mol. The van der Waals surface area contributed by atoms with Crippen LogP contribution >= 0.6 is 0 Å². The standard InChI is InChI=1S/C16H25NO3/c1-12(17-20-14-6-4-5-7-14)10-13-8-9-15(18-2)16(11-13)19-3/h8-9,11-12,14,17H,4-7,10H2,1-3H3. The molecule has 1 saturated carbocycles. The molecule has 0 amide bonds. The van der Waals surface area contributed by atoms with E-state index in [1.165, 1.54) is 31.2 Å². The number of benzene rings is 1. The van der Waals surface area contributed by atoms with Crippen molar-refractivity contribution in [3.05, 3.63) is 23.8 Å². The Hall–Kier alpha value is -1.26. The normalized spacial score (nSPS) is 17.1. The van der Waals surface area contributed by atoms with Crippen LogP contribution in [0.25, 0.3) is 0 Å². The van der Waals surface area contributed by atoms with Gasteiger partial charge in [0.05, 0.1) is 20.3 Å². The molecule has 0 bridgehead atoms. The number of hydroxylamine groups is 1. The van der Waals surface area contributed by atoms with E-state index in [1.807, 2.05) is 12.1 Å². The molecular weight excluding hydrogens is 254 g/mol. The van der Waals surface area contributed by atoms with Gasteiger partial charge in [-0.3, -0.25) is 4.84 Å². The van der Waals surface area contributed by atoms with E-state index in [9.17, 15) is 0 Å². The van der Waals surface area contributed by atoms with Gasteiger partial charge in [0.2, 0.25) is 0 Å². The first kappa shape index (κ1) is 15.1. The maximum atomic E-state index is 5.73. The Labute approximate surface area is 121 Å². The van der Waals surface area contributed by atoms with Crippen molar-refractivity contribution in [1.29, 1.82) is 0 Å². The molecule has 0 aromatic heterocycles. The number of ether oxygens (including phenoxy) is 2. The molecule has 0 radical (unpaired) electrons. The Morgan fingerprint density at radius 1 is 1.15 bits per heavy atom. The van der Waals surface area contributed by atoms with Gasteiger partial charge in [-0.15, -0.1) is 0 Å². The summed E-state index contributed by atoms with van der Waals surface area (Å²) in [4.78, 5) is 5.73. The average molecular weight is 279 g/mol. The molecule has 4 nitrogen and oxygen atoms in total. The fourth-order valence-electron chi connectivity index (χ4n) is 2.62. The first-order valence-corrected chi connectivity index (χ1v) is 7.35. The van der Waals surface area contributed by atoms with Gasteiger partial charge in [-0.2, -0.15) is 5.48 Å². The lowest BCUT2D eigenvalue weighted by Crippen LogP contribution is -2.31. The van der Waals surface area contributed by atoms with Crippen LogP contribution < -0.4 is 15.0 Å². The van der Waals surface area contributed by atoms with Crippen molar-refractivity contribution >= 4 is 0 Å². The van der Waals surface area contributed by atoms with Crippen molar-refractivity contribution in [1.82, 2.24) is 5.48 Å². The van der Waals surface area contributed by atoms with Gasteiger partial charge in [-0.05, 0) is 43.9 Å². The Balaban J connectivity index is 1.85. The van der Waals surface area contributed by atoms with E-state index in [4.69, 9.17) is 14.3 Å². The highest BCUT2D eigenvalue weighted by Crippen LogP contribution is 2.28. The lowest BCUT2D eigenvalue weighted by atomic mass is 10.1. The molecule has 4 heteroatoms. The molecule has 1 N–H and O–H groups in total. The maximum absolute atomic E-state index is 5.73. The Bertz CT molecular complexity index is 416. The first-order valence-electron chi connectivity index (χ1n) is 7.35. The third-order valence-corrected chi connectivity index (χ3v) is 3.73. The quantitative estimate of drug-likeness (QED) is 0.779. The zero-order chi connectivity index (χ0) is 14.4. The molecule has 112 valence electrons. The van der Waals surface area contributed by atoms with Crippen LogP contribution in [0, 0.1) is 0 Å². The van der Waals surface area contributed by atoms with Crippen molar-refractivity contribution in [3.63, 3.8) is 0 Å². The van der Waals surface area contributed by atoms with E-state index < -0.39 is 0 Å². The van der Waals surface area contributed by atoms with Crippen LogP contribution in [0.3, 0.4) is 0 Å². The van der Waals surface area contributed by atoms with Gasteiger partial charge in [0, 0.05) is 6.04 Å². The minimum atomic E-state index is 0.272. The second-order valence-corrected chi connectivity index (χ2v) is 5.44. The Morgan fingerprint density at radius 3 is 2.50 bits per heavy atom. The fraction of sp³-hybridized carbons (Fsp3) is 0.625. The summed E-state index contributed by atoms with van der Waals surface area (Å²) in [7, 11) is 3.31. The molecular formula is C16H25NO3. The summed E-state index contributed by atoms with van der Waals surface area (Å²) in [6.45, 7) is 2.13. The van der Waals surface area contributed by atoms with E-state index in [0.717, 1.165) is 17.9 Å². The molecule has 0 saturated heterocycles. The van der Waals surface area contributed by atoms with Crippen LogP contribution in [0.2, 0.25) is 0 Å². The van der Waals surface area contributed by atoms with Crippen molar-refractivity contribution in [2.75, 3.05) is 14.2 Å². The summed E-state index contributed by atoms with van der Waals surface area (Å²) >= 11 is 0. The van der Waals surface area contributed by atoms with Crippen LogP contribution in [0.15, 0.2) is 18.2 Å². The summed E-state index contributed by atoms with van der Waals surface area (Å²) in [5.74, 6) is 1.54. The smallest absolute Gasteiger partial charge is 0.160 e. The first-order chi connectivity index (χ1) is 9.72. The summed E-state index contributed by atoms with van der Waals surface area (Å²) in [6.07, 6.45) is 6.22. The minimum Gasteiger partial charge on any atom is -0.493 e. The van der Waals surface area contributed by atoms with Gasteiger partial charge >= 0.3 is 0 Å². The SMILES string of the molecule is COc1ccc(CC(C)NOC2CCCC2)cc1OC. The zero-order valence-corrected chi connectivity index (χ0v) is 12.6. The molecule has 1 aromatic rings. The maximum Gasteiger partial charge on any atom is 0.160 e. The van der Waals surface area contributed by atoms with E-state index >= 15 is 0 Å². The van der Waals surface area contributed by atoms with Crippen molar-refractivity contribution in [2.45, 2.75) is 51.2 Å².